The lowest BCUT2D eigenvalue weighted by molar-refractivity contribution is -0.870. The van der Waals surface area contributed by atoms with Gasteiger partial charge in [0.05, 0.1) is 34.4 Å². The van der Waals surface area contributed by atoms with Gasteiger partial charge in [0, 0.05) is 13.0 Å². The first-order valence-electron chi connectivity index (χ1n) is 30.2. The van der Waals surface area contributed by atoms with Gasteiger partial charge in [-0.2, -0.15) is 0 Å². The zero-order valence-electron chi connectivity index (χ0n) is 47.3. The predicted octanol–water partition coefficient (Wildman–Crippen LogP) is 19.2. The fourth-order valence-electron chi connectivity index (χ4n) is 8.80. The van der Waals surface area contributed by atoms with Crippen molar-refractivity contribution in [2.45, 2.75) is 296 Å². The number of allylic oxidation sites excluding steroid dienone is 6. The number of likely N-dealkylation sites (N-methyl/N-ethyl adjacent to an activating group) is 1. The molecule has 0 aliphatic rings. The molecule has 0 aromatic rings. The van der Waals surface area contributed by atoms with Gasteiger partial charge in [-0.15, -0.1) is 0 Å². The number of carbonyl (C=O) groups is 1. The Hall–Kier alpha value is -1.28. The van der Waals surface area contributed by atoms with E-state index >= 15 is 0 Å². The SMILES string of the molecule is CCCCCCC/C=C\C/C=C\C/C=C\CCCCCCCCCCCCC(=O)OC(COCCCCCCCCCCCCCCCCCCCCCCCCC)COP(=O)(O)OCC[N+](C)(C)C. The van der Waals surface area contributed by atoms with Crippen LogP contribution >= 0.6 is 7.82 Å². The van der Waals surface area contributed by atoms with Crippen molar-refractivity contribution in [3.8, 4) is 0 Å². The van der Waals surface area contributed by atoms with Gasteiger partial charge in [-0.3, -0.25) is 13.8 Å². The maximum absolute atomic E-state index is 12.8. The Morgan fingerprint density at radius 3 is 1.17 bits per heavy atom. The Bertz CT molecular complexity index is 1220. The van der Waals surface area contributed by atoms with Gasteiger partial charge in [0.25, 0.3) is 0 Å². The van der Waals surface area contributed by atoms with E-state index in [9.17, 15) is 14.3 Å². The van der Waals surface area contributed by atoms with Crippen LogP contribution in [-0.2, 0) is 27.9 Å². The van der Waals surface area contributed by atoms with Crippen LogP contribution in [0.5, 0.6) is 0 Å². The van der Waals surface area contributed by atoms with E-state index in [0.717, 1.165) is 44.9 Å². The van der Waals surface area contributed by atoms with E-state index < -0.39 is 13.9 Å². The second-order valence-corrected chi connectivity index (χ2v) is 23.2. The van der Waals surface area contributed by atoms with Crippen LogP contribution in [0.1, 0.15) is 290 Å². The smallest absolute Gasteiger partial charge is 0.457 e. The minimum atomic E-state index is -4.29. The maximum atomic E-state index is 12.8. The monoisotopic (exact) mass is 1010 g/mol. The van der Waals surface area contributed by atoms with Crippen molar-refractivity contribution in [2.75, 3.05) is 54.1 Å². The highest BCUT2D eigenvalue weighted by atomic mass is 31.2. The van der Waals surface area contributed by atoms with Crippen molar-refractivity contribution in [3.63, 3.8) is 0 Å². The molecule has 0 fully saturated rings. The topological polar surface area (TPSA) is 91.3 Å². The molecule has 0 heterocycles. The zero-order chi connectivity index (χ0) is 51.2. The summed E-state index contributed by atoms with van der Waals surface area (Å²) in [6, 6.07) is 0. The Kier molecular flexibility index (Phi) is 53.0. The van der Waals surface area contributed by atoms with Crippen LogP contribution in [0.25, 0.3) is 0 Å². The van der Waals surface area contributed by atoms with Gasteiger partial charge >= 0.3 is 13.8 Å². The van der Waals surface area contributed by atoms with E-state index in [1.807, 2.05) is 21.1 Å². The van der Waals surface area contributed by atoms with Crippen molar-refractivity contribution in [3.05, 3.63) is 36.5 Å². The number of phosphoric ester groups is 1. The van der Waals surface area contributed by atoms with E-state index in [2.05, 4.69) is 50.3 Å². The average molecular weight is 1010 g/mol. The molecule has 0 aliphatic heterocycles. The molecule has 0 spiro atoms. The van der Waals surface area contributed by atoms with Crippen LogP contribution in [0.2, 0.25) is 0 Å². The molecule has 9 heteroatoms. The number of hydrogen-bond donors (Lipinski definition) is 1. The number of phosphoric acid groups is 1. The van der Waals surface area contributed by atoms with Gasteiger partial charge in [0.2, 0.25) is 0 Å². The lowest BCUT2D eigenvalue weighted by Gasteiger charge is -2.24. The van der Waals surface area contributed by atoms with Gasteiger partial charge in [-0.25, -0.2) is 4.57 Å². The number of ether oxygens (including phenoxy) is 2. The Morgan fingerprint density at radius 2 is 0.786 bits per heavy atom. The van der Waals surface area contributed by atoms with Gasteiger partial charge in [0.1, 0.15) is 19.3 Å². The fraction of sp³-hybridized carbons (Fsp3) is 0.885. The highest BCUT2D eigenvalue weighted by Crippen LogP contribution is 2.43. The zero-order valence-corrected chi connectivity index (χ0v) is 48.2. The van der Waals surface area contributed by atoms with Crippen molar-refractivity contribution in [2.24, 2.45) is 0 Å². The van der Waals surface area contributed by atoms with Crippen molar-refractivity contribution < 1.29 is 37.3 Å². The second-order valence-electron chi connectivity index (χ2n) is 21.7. The molecule has 0 radical (unpaired) electrons. The quantitative estimate of drug-likeness (QED) is 0.0213. The van der Waals surface area contributed by atoms with Gasteiger partial charge in [-0.1, -0.05) is 269 Å². The lowest BCUT2D eigenvalue weighted by atomic mass is 10.0. The summed E-state index contributed by atoms with van der Waals surface area (Å²) >= 11 is 0. The van der Waals surface area contributed by atoms with Crippen molar-refractivity contribution >= 4 is 13.8 Å². The molecule has 0 aromatic carbocycles. The number of quaternary nitrogens is 1. The molecule has 1 N–H and O–H groups in total. The molecule has 70 heavy (non-hydrogen) atoms. The number of carbonyl (C=O) groups excluding carboxylic acids is 1. The van der Waals surface area contributed by atoms with Gasteiger partial charge in [0.15, 0.2) is 0 Å². The van der Waals surface area contributed by atoms with E-state index in [4.69, 9.17) is 18.5 Å². The largest absolute Gasteiger partial charge is 0.472 e. The molecule has 414 valence electrons. The van der Waals surface area contributed by atoms with Gasteiger partial charge in [-0.05, 0) is 51.4 Å². The lowest BCUT2D eigenvalue weighted by Crippen LogP contribution is -2.37. The van der Waals surface area contributed by atoms with E-state index in [1.54, 1.807) is 0 Å². The molecule has 0 rings (SSSR count). The molecule has 2 unspecified atom stereocenters. The minimum absolute atomic E-state index is 0.0894. The average Bonchev–Trinajstić information content (AvgIpc) is 3.32. The number of hydrogen-bond acceptors (Lipinski definition) is 6. The summed E-state index contributed by atoms with van der Waals surface area (Å²) in [7, 11) is 1.68. The Balaban J connectivity index is 4.04. The van der Waals surface area contributed by atoms with Crippen LogP contribution in [-0.4, -0.2) is 75.6 Å². The van der Waals surface area contributed by atoms with E-state index in [1.165, 1.54) is 225 Å². The van der Waals surface area contributed by atoms with E-state index in [-0.39, 0.29) is 25.8 Å². The Morgan fingerprint density at radius 1 is 0.443 bits per heavy atom. The molecule has 0 saturated carbocycles. The van der Waals surface area contributed by atoms with Crippen LogP contribution in [0, 0.1) is 0 Å². The van der Waals surface area contributed by atoms with Crippen LogP contribution < -0.4 is 0 Å². The maximum Gasteiger partial charge on any atom is 0.472 e. The summed E-state index contributed by atoms with van der Waals surface area (Å²) in [5.41, 5.74) is 0. The predicted molar refractivity (Wildman–Crippen MR) is 303 cm³/mol. The number of rotatable bonds is 57. The molecular weight excluding hydrogens is 890 g/mol. The molecule has 8 nitrogen and oxygen atoms in total. The highest BCUT2D eigenvalue weighted by molar-refractivity contribution is 7.47. The van der Waals surface area contributed by atoms with E-state index in [0.29, 0.717) is 24.1 Å². The third kappa shape index (κ3) is 57.6. The number of unbranched alkanes of at least 4 members (excludes halogenated alkanes) is 37. The highest BCUT2D eigenvalue weighted by Gasteiger charge is 2.26. The second kappa shape index (κ2) is 54.0. The minimum Gasteiger partial charge on any atom is -0.457 e. The summed E-state index contributed by atoms with van der Waals surface area (Å²) in [5, 5.41) is 0. The summed E-state index contributed by atoms with van der Waals surface area (Å²) < 4.78 is 35.3. The molecule has 0 bridgehead atoms. The van der Waals surface area contributed by atoms with Crippen LogP contribution in [0.4, 0.5) is 0 Å². The third-order valence-corrected chi connectivity index (χ3v) is 14.4. The third-order valence-electron chi connectivity index (χ3n) is 13.5. The first kappa shape index (κ1) is 68.7. The van der Waals surface area contributed by atoms with Crippen LogP contribution in [0.3, 0.4) is 0 Å². The Labute approximate surface area is 435 Å². The fourth-order valence-corrected chi connectivity index (χ4v) is 9.54. The first-order chi connectivity index (χ1) is 34.1. The summed E-state index contributed by atoms with van der Waals surface area (Å²) in [5.74, 6) is -0.312. The van der Waals surface area contributed by atoms with Gasteiger partial charge < -0.3 is 18.9 Å². The van der Waals surface area contributed by atoms with Crippen molar-refractivity contribution in [1.29, 1.82) is 0 Å². The molecule has 0 amide bonds. The molecule has 0 aromatic heterocycles. The molecule has 0 aliphatic carbocycles. The number of esters is 1. The summed E-state index contributed by atoms with van der Waals surface area (Å²) in [4.78, 5) is 23.1. The summed E-state index contributed by atoms with van der Waals surface area (Å²) in [6.45, 7) is 5.67. The molecule has 2 atom stereocenters. The van der Waals surface area contributed by atoms with Crippen LogP contribution in [0.15, 0.2) is 36.5 Å². The standard InChI is InChI=1S/C61H118NO7P/c1-6-8-10-12-14-16-18-20-22-24-26-28-30-31-32-34-36-38-40-42-44-46-48-50-52-54-61(63)69-60(59-68-70(64,65)67-57-55-62(3,4)5)58-66-56-53-51-49-47-45-43-41-39-37-35-33-29-27-25-23-21-19-17-15-13-11-9-7-2/h18,20,24,26,30-31,60H,6-17,19,21-23,25,27-29,32-59H2,1-5H3/p+1/b20-18-,26-24-,31-30-. The normalized spacial score (nSPS) is 13.6. The van der Waals surface area contributed by atoms with Crippen molar-refractivity contribution in [1.82, 2.24) is 0 Å². The summed E-state index contributed by atoms with van der Waals surface area (Å²) in [6.07, 6.45) is 67.8. The molecular formula is C61H119NO7P+. The first-order valence-corrected chi connectivity index (χ1v) is 31.7. The molecule has 0 saturated heterocycles. The number of nitrogens with zero attached hydrogens (tertiary/aromatic N) is 1.